The van der Waals surface area contributed by atoms with Crippen LogP contribution in [0.15, 0.2) is 16.1 Å². The first-order chi connectivity index (χ1) is 8.78. The molecule has 104 valence electrons. The number of hydrogen-bond acceptors (Lipinski definition) is 4. The van der Waals surface area contributed by atoms with Crippen LogP contribution in [0.2, 0.25) is 0 Å². The van der Waals surface area contributed by atoms with Crippen molar-refractivity contribution in [3.8, 4) is 6.07 Å². The van der Waals surface area contributed by atoms with E-state index in [1.807, 2.05) is 27.7 Å². The number of carbonyl (C=O) groups is 1. The van der Waals surface area contributed by atoms with Gasteiger partial charge in [-0.05, 0) is 34.1 Å². The van der Waals surface area contributed by atoms with Gasteiger partial charge in [-0.25, -0.2) is 4.79 Å². The average molecular weight is 263 g/mol. The third kappa shape index (κ3) is 4.09. The zero-order chi connectivity index (χ0) is 14.6. The topological polar surface area (TPSA) is 65.7 Å². The second-order valence-corrected chi connectivity index (χ2v) is 5.59. The molecule has 0 N–H and O–H groups in total. The van der Waals surface area contributed by atoms with E-state index in [-0.39, 0.29) is 6.09 Å². The van der Waals surface area contributed by atoms with Crippen LogP contribution in [0.5, 0.6) is 0 Å². The SMILES string of the molecule is CN=C(C#N)C1=C(C)CCN(C(=O)OC(C)(C)C)C1. The Hall–Kier alpha value is -1.83. The number of nitrogens with zero attached hydrogens (tertiary/aromatic N) is 3. The Labute approximate surface area is 114 Å². The maximum absolute atomic E-state index is 12.0. The molecule has 0 unspecified atom stereocenters. The van der Waals surface area contributed by atoms with Crippen molar-refractivity contribution in [2.75, 3.05) is 20.1 Å². The average Bonchev–Trinajstić information content (AvgIpc) is 2.30. The van der Waals surface area contributed by atoms with Crippen molar-refractivity contribution in [3.05, 3.63) is 11.1 Å². The number of carbonyl (C=O) groups excluding carboxylic acids is 1. The highest BCUT2D eigenvalue weighted by atomic mass is 16.6. The Morgan fingerprint density at radius 2 is 2.11 bits per heavy atom. The van der Waals surface area contributed by atoms with Crippen LogP contribution in [0.3, 0.4) is 0 Å². The lowest BCUT2D eigenvalue weighted by molar-refractivity contribution is 0.0263. The minimum Gasteiger partial charge on any atom is -0.444 e. The monoisotopic (exact) mass is 263 g/mol. The van der Waals surface area contributed by atoms with Crippen LogP contribution in [0.1, 0.15) is 34.1 Å². The molecule has 0 saturated heterocycles. The number of aliphatic imine (C=N–C) groups is 1. The molecule has 5 nitrogen and oxygen atoms in total. The number of ether oxygens (including phenoxy) is 1. The molecule has 0 aliphatic carbocycles. The number of nitriles is 1. The minimum absolute atomic E-state index is 0.342. The summed E-state index contributed by atoms with van der Waals surface area (Å²) in [5.74, 6) is 0. The molecular formula is C14H21N3O2. The second kappa shape index (κ2) is 5.87. The maximum atomic E-state index is 12.0. The van der Waals surface area contributed by atoms with E-state index in [2.05, 4.69) is 11.1 Å². The van der Waals surface area contributed by atoms with Gasteiger partial charge in [0.1, 0.15) is 17.4 Å². The summed E-state index contributed by atoms with van der Waals surface area (Å²) in [5.41, 5.74) is 1.83. The van der Waals surface area contributed by atoms with Crippen LogP contribution in [0, 0.1) is 11.3 Å². The van der Waals surface area contributed by atoms with Gasteiger partial charge in [0.05, 0.1) is 6.54 Å². The highest BCUT2D eigenvalue weighted by Gasteiger charge is 2.27. The van der Waals surface area contributed by atoms with Crippen LogP contribution < -0.4 is 0 Å². The molecule has 5 heteroatoms. The summed E-state index contributed by atoms with van der Waals surface area (Å²) in [4.78, 5) is 17.6. The zero-order valence-corrected chi connectivity index (χ0v) is 12.3. The molecule has 1 aliphatic heterocycles. The molecule has 1 aliphatic rings. The summed E-state index contributed by atoms with van der Waals surface area (Å²) >= 11 is 0. The fraction of sp³-hybridized carbons (Fsp3) is 0.643. The Balaban J connectivity index is 2.85. The van der Waals surface area contributed by atoms with Gasteiger partial charge in [-0.1, -0.05) is 5.57 Å². The molecule has 0 bridgehead atoms. The smallest absolute Gasteiger partial charge is 0.410 e. The summed E-state index contributed by atoms with van der Waals surface area (Å²) < 4.78 is 5.35. The molecule has 0 aromatic rings. The summed E-state index contributed by atoms with van der Waals surface area (Å²) in [6.45, 7) is 8.50. The quantitative estimate of drug-likeness (QED) is 0.683. The molecule has 1 heterocycles. The van der Waals surface area contributed by atoms with Gasteiger partial charge in [0.2, 0.25) is 0 Å². The van der Waals surface area contributed by atoms with Crippen molar-refractivity contribution >= 4 is 11.8 Å². The highest BCUT2D eigenvalue weighted by molar-refractivity contribution is 6.12. The summed E-state index contributed by atoms with van der Waals surface area (Å²) in [5, 5.41) is 9.06. The third-order valence-electron chi connectivity index (χ3n) is 2.89. The summed E-state index contributed by atoms with van der Waals surface area (Å²) in [6, 6.07) is 2.07. The van der Waals surface area contributed by atoms with Gasteiger partial charge in [-0.3, -0.25) is 4.99 Å². The first kappa shape index (κ1) is 15.2. The summed E-state index contributed by atoms with van der Waals surface area (Å²) in [7, 11) is 1.59. The van der Waals surface area contributed by atoms with Crippen LogP contribution >= 0.6 is 0 Å². The van der Waals surface area contributed by atoms with Gasteiger partial charge in [0.15, 0.2) is 0 Å². The molecule has 0 fully saturated rings. The van der Waals surface area contributed by atoms with E-state index in [0.29, 0.717) is 18.8 Å². The molecule has 0 aromatic carbocycles. The molecule has 0 atom stereocenters. The summed E-state index contributed by atoms with van der Waals surface area (Å²) in [6.07, 6.45) is 0.404. The van der Waals surface area contributed by atoms with Crippen molar-refractivity contribution in [2.24, 2.45) is 4.99 Å². The predicted octanol–water partition coefficient (Wildman–Crippen LogP) is 2.54. The van der Waals surface area contributed by atoms with Crippen molar-refractivity contribution in [3.63, 3.8) is 0 Å². The van der Waals surface area contributed by atoms with E-state index in [9.17, 15) is 4.79 Å². The van der Waals surface area contributed by atoms with Gasteiger partial charge < -0.3 is 9.64 Å². The van der Waals surface area contributed by atoms with Crippen molar-refractivity contribution in [2.45, 2.75) is 39.7 Å². The van der Waals surface area contributed by atoms with Gasteiger partial charge in [0.25, 0.3) is 0 Å². The molecule has 0 radical (unpaired) electrons. The normalized spacial score (nSPS) is 17.3. The first-order valence-corrected chi connectivity index (χ1v) is 6.32. The Morgan fingerprint density at radius 1 is 1.47 bits per heavy atom. The Morgan fingerprint density at radius 3 is 2.58 bits per heavy atom. The lowest BCUT2D eigenvalue weighted by Crippen LogP contribution is -2.41. The van der Waals surface area contributed by atoms with Gasteiger partial charge in [-0.15, -0.1) is 0 Å². The molecule has 19 heavy (non-hydrogen) atoms. The Kier molecular flexibility index (Phi) is 4.71. The standard InChI is InChI=1S/C14H21N3O2/c1-10-6-7-17(13(18)19-14(2,3)4)9-11(10)12(8-15)16-5/h6-7,9H2,1-5H3. The Bertz CT molecular complexity index is 464. The number of amides is 1. The van der Waals surface area contributed by atoms with Crippen LogP contribution in [0.4, 0.5) is 4.79 Å². The van der Waals surface area contributed by atoms with E-state index in [0.717, 1.165) is 17.6 Å². The van der Waals surface area contributed by atoms with Gasteiger partial charge >= 0.3 is 6.09 Å². The van der Waals surface area contributed by atoms with E-state index in [1.165, 1.54) is 0 Å². The van der Waals surface area contributed by atoms with Crippen molar-refractivity contribution in [1.29, 1.82) is 5.26 Å². The fourth-order valence-electron chi connectivity index (χ4n) is 1.87. The third-order valence-corrected chi connectivity index (χ3v) is 2.89. The van der Waals surface area contributed by atoms with Crippen LogP contribution in [0.25, 0.3) is 0 Å². The number of rotatable bonds is 1. The number of hydrogen-bond donors (Lipinski definition) is 0. The van der Waals surface area contributed by atoms with Gasteiger partial charge in [0, 0.05) is 19.2 Å². The zero-order valence-electron chi connectivity index (χ0n) is 12.3. The molecule has 0 spiro atoms. The molecule has 0 saturated carbocycles. The second-order valence-electron chi connectivity index (χ2n) is 5.59. The predicted molar refractivity (Wildman–Crippen MR) is 74.1 cm³/mol. The lowest BCUT2D eigenvalue weighted by Gasteiger charge is -2.31. The van der Waals surface area contributed by atoms with Crippen LogP contribution in [-0.2, 0) is 4.74 Å². The fourth-order valence-corrected chi connectivity index (χ4v) is 1.87. The largest absolute Gasteiger partial charge is 0.444 e. The minimum atomic E-state index is -0.510. The maximum Gasteiger partial charge on any atom is 0.410 e. The van der Waals surface area contributed by atoms with Crippen molar-refractivity contribution in [1.82, 2.24) is 4.90 Å². The van der Waals surface area contributed by atoms with E-state index < -0.39 is 5.60 Å². The lowest BCUT2D eigenvalue weighted by atomic mass is 9.98. The van der Waals surface area contributed by atoms with E-state index in [4.69, 9.17) is 10.00 Å². The highest BCUT2D eigenvalue weighted by Crippen LogP contribution is 2.21. The van der Waals surface area contributed by atoms with E-state index >= 15 is 0 Å². The van der Waals surface area contributed by atoms with Gasteiger partial charge in [-0.2, -0.15) is 5.26 Å². The first-order valence-electron chi connectivity index (χ1n) is 6.32. The molecule has 1 amide bonds. The van der Waals surface area contributed by atoms with E-state index in [1.54, 1.807) is 11.9 Å². The molecule has 1 rings (SSSR count). The molecular weight excluding hydrogens is 242 g/mol. The van der Waals surface area contributed by atoms with Crippen molar-refractivity contribution < 1.29 is 9.53 Å². The van der Waals surface area contributed by atoms with Crippen LogP contribution in [-0.4, -0.2) is 42.4 Å². The molecule has 0 aromatic heterocycles.